The summed E-state index contributed by atoms with van der Waals surface area (Å²) < 4.78 is 31.9. The minimum Gasteiger partial charge on any atom is -0.488 e. The molecule has 0 unspecified atom stereocenters. The smallest absolute Gasteiger partial charge is 0.124 e. The van der Waals surface area contributed by atoms with E-state index in [4.69, 9.17) is 16.3 Å². The standard InChI is InChI=1S/C20H16ClF2NO/c21-19-11-17(23)6-5-15(19)13-25-20-4-2-1-3-14(20)12-24-18-9-7-16(22)8-10-18/h1-11,24H,12-13H2. The van der Waals surface area contributed by atoms with Crippen molar-refractivity contribution in [3.05, 3.63) is 94.5 Å². The summed E-state index contributed by atoms with van der Waals surface area (Å²) in [6, 6.07) is 18.0. The lowest BCUT2D eigenvalue weighted by Crippen LogP contribution is -2.04. The number of rotatable bonds is 6. The second-order valence-electron chi connectivity index (χ2n) is 5.49. The van der Waals surface area contributed by atoms with Crippen LogP contribution in [-0.2, 0) is 13.2 Å². The maximum Gasteiger partial charge on any atom is 0.124 e. The van der Waals surface area contributed by atoms with Crippen LogP contribution in [0.5, 0.6) is 5.75 Å². The van der Waals surface area contributed by atoms with Crippen molar-refractivity contribution in [2.45, 2.75) is 13.2 Å². The Morgan fingerprint density at radius 2 is 1.56 bits per heavy atom. The van der Waals surface area contributed by atoms with Gasteiger partial charge in [-0.25, -0.2) is 8.78 Å². The van der Waals surface area contributed by atoms with Crippen LogP contribution in [0.4, 0.5) is 14.5 Å². The van der Waals surface area contributed by atoms with E-state index in [1.165, 1.54) is 24.3 Å². The number of anilines is 1. The molecule has 3 rings (SSSR count). The summed E-state index contributed by atoms with van der Waals surface area (Å²) in [5.74, 6) is 0.0561. The summed E-state index contributed by atoms with van der Waals surface area (Å²) in [6.07, 6.45) is 0. The van der Waals surface area contributed by atoms with Crippen LogP contribution < -0.4 is 10.1 Å². The Bertz CT molecular complexity index is 853. The predicted octanol–water partition coefficient (Wildman–Crippen LogP) is 5.81. The molecular weight excluding hydrogens is 344 g/mol. The first kappa shape index (κ1) is 17.2. The van der Waals surface area contributed by atoms with Gasteiger partial charge in [-0.2, -0.15) is 0 Å². The van der Waals surface area contributed by atoms with Crippen molar-refractivity contribution in [2.24, 2.45) is 0 Å². The fourth-order valence-electron chi connectivity index (χ4n) is 2.35. The van der Waals surface area contributed by atoms with Crippen LogP contribution >= 0.6 is 11.6 Å². The van der Waals surface area contributed by atoms with E-state index in [2.05, 4.69) is 5.32 Å². The Hall–Kier alpha value is -2.59. The molecule has 0 amide bonds. The van der Waals surface area contributed by atoms with Crippen molar-refractivity contribution in [2.75, 3.05) is 5.32 Å². The fraction of sp³-hybridized carbons (Fsp3) is 0.100. The van der Waals surface area contributed by atoms with Gasteiger partial charge in [0.2, 0.25) is 0 Å². The third kappa shape index (κ3) is 4.70. The summed E-state index contributed by atoms with van der Waals surface area (Å²) in [5.41, 5.74) is 2.48. The van der Waals surface area contributed by atoms with E-state index in [9.17, 15) is 8.78 Å². The summed E-state index contributed by atoms with van der Waals surface area (Å²) in [4.78, 5) is 0. The Morgan fingerprint density at radius 3 is 2.32 bits per heavy atom. The van der Waals surface area contributed by atoms with Crippen molar-refractivity contribution in [3.8, 4) is 5.75 Å². The molecule has 0 aliphatic carbocycles. The van der Waals surface area contributed by atoms with E-state index in [0.29, 0.717) is 22.9 Å². The van der Waals surface area contributed by atoms with Gasteiger partial charge in [-0.05, 0) is 42.5 Å². The van der Waals surface area contributed by atoms with Crippen LogP contribution in [0.25, 0.3) is 0 Å². The van der Waals surface area contributed by atoms with Crippen molar-refractivity contribution < 1.29 is 13.5 Å². The highest BCUT2D eigenvalue weighted by Gasteiger charge is 2.06. The molecule has 0 saturated carbocycles. The first-order valence-electron chi connectivity index (χ1n) is 7.76. The zero-order valence-electron chi connectivity index (χ0n) is 13.3. The maximum atomic E-state index is 13.1. The summed E-state index contributed by atoms with van der Waals surface area (Å²) in [7, 11) is 0. The molecule has 1 N–H and O–H groups in total. The van der Waals surface area contributed by atoms with E-state index in [1.807, 2.05) is 24.3 Å². The van der Waals surface area contributed by atoms with Gasteiger partial charge in [0.15, 0.2) is 0 Å². The quantitative estimate of drug-likeness (QED) is 0.599. The normalized spacial score (nSPS) is 10.5. The number of nitrogens with one attached hydrogen (secondary N) is 1. The Balaban J connectivity index is 1.67. The average molecular weight is 360 g/mol. The molecule has 128 valence electrons. The second kappa shape index (κ2) is 7.99. The molecule has 2 nitrogen and oxygen atoms in total. The van der Waals surface area contributed by atoms with E-state index in [1.54, 1.807) is 18.2 Å². The van der Waals surface area contributed by atoms with Crippen molar-refractivity contribution in [3.63, 3.8) is 0 Å². The molecule has 5 heteroatoms. The van der Waals surface area contributed by atoms with E-state index in [0.717, 1.165) is 11.3 Å². The average Bonchev–Trinajstić information content (AvgIpc) is 2.61. The monoisotopic (exact) mass is 359 g/mol. The van der Waals surface area contributed by atoms with Gasteiger partial charge < -0.3 is 10.1 Å². The number of hydrogen-bond donors (Lipinski definition) is 1. The molecule has 0 saturated heterocycles. The molecule has 0 spiro atoms. The van der Waals surface area contributed by atoms with Gasteiger partial charge in [-0.1, -0.05) is 35.9 Å². The van der Waals surface area contributed by atoms with Crippen LogP contribution in [0, 0.1) is 11.6 Å². The summed E-state index contributed by atoms with van der Waals surface area (Å²) in [6.45, 7) is 0.769. The molecule has 0 bridgehead atoms. The van der Waals surface area contributed by atoms with E-state index >= 15 is 0 Å². The van der Waals surface area contributed by atoms with Gasteiger partial charge in [0.1, 0.15) is 24.0 Å². The molecule has 0 radical (unpaired) electrons. The molecule has 25 heavy (non-hydrogen) atoms. The number of ether oxygens (including phenoxy) is 1. The van der Waals surface area contributed by atoms with Gasteiger partial charge in [0, 0.05) is 23.4 Å². The first-order chi connectivity index (χ1) is 12.1. The topological polar surface area (TPSA) is 21.3 Å². The molecule has 0 aliphatic rings. The molecule has 0 heterocycles. The van der Waals surface area contributed by atoms with Gasteiger partial charge in [0.05, 0.1) is 5.02 Å². The summed E-state index contributed by atoms with van der Waals surface area (Å²) >= 11 is 6.03. The van der Waals surface area contributed by atoms with Crippen LogP contribution in [-0.4, -0.2) is 0 Å². The van der Waals surface area contributed by atoms with Crippen molar-refractivity contribution in [1.82, 2.24) is 0 Å². The maximum absolute atomic E-state index is 13.1. The van der Waals surface area contributed by atoms with E-state index < -0.39 is 0 Å². The van der Waals surface area contributed by atoms with Crippen molar-refractivity contribution in [1.29, 1.82) is 0 Å². The minimum absolute atomic E-state index is 0.243. The molecular formula is C20H16ClF2NO. The SMILES string of the molecule is Fc1ccc(NCc2ccccc2OCc2ccc(F)cc2Cl)cc1. The third-order valence-electron chi connectivity index (χ3n) is 3.70. The number of para-hydroxylation sites is 1. The lowest BCUT2D eigenvalue weighted by molar-refractivity contribution is 0.303. The molecule has 0 aliphatic heterocycles. The molecule has 3 aromatic carbocycles. The fourth-order valence-corrected chi connectivity index (χ4v) is 2.57. The van der Waals surface area contributed by atoms with Crippen LogP contribution in [0.2, 0.25) is 5.02 Å². The van der Waals surface area contributed by atoms with Gasteiger partial charge in [-0.3, -0.25) is 0 Å². The predicted molar refractivity (Wildman–Crippen MR) is 95.9 cm³/mol. The van der Waals surface area contributed by atoms with Gasteiger partial charge in [0.25, 0.3) is 0 Å². The van der Waals surface area contributed by atoms with Gasteiger partial charge in [-0.15, -0.1) is 0 Å². The van der Waals surface area contributed by atoms with Crippen LogP contribution in [0.15, 0.2) is 66.7 Å². The highest BCUT2D eigenvalue weighted by atomic mass is 35.5. The highest BCUT2D eigenvalue weighted by molar-refractivity contribution is 6.31. The van der Waals surface area contributed by atoms with Crippen LogP contribution in [0.3, 0.4) is 0 Å². The molecule has 0 aromatic heterocycles. The Labute approximate surface area is 150 Å². The second-order valence-corrected chi connectivity index (χ2v) is 5.90. The number of halogens is 3. The Kier molecular flexibility index (Phi) is 5.51. The lowest BCUT2D eigenvalue weighted by Gasteiger charge is -2.13. The number of hydrogen-bond acceptors (Lipinski definition) is 2. The van der Waals surface area contributed by atoms with Crippen molar-refractivity contribution >= 4 is 17.3 Å². The lowest BCUT2D eigenvalue weighted by atomic mass is 10.2. The first-order valence-corrected chi connectivity index (χ1v) is 8.14. The number of benzene rings is 3. The van der Waals surface area contributed by atoms with Crippen LogP contribution in [0.1, 0.15) is 11.1 Å². The molecule has 0 fully saturated rings. The molecule has 3 aromatic rings. The Morgan fingerprint density at radius 1 is 0.840 bits per heavy atom. The third-order valence-corrected chi connectivity index (χ3v) is 4.05. The zero-order chi connectivity index (χ0) is 17.6. The van der Waals surface area contributed by atoms with Gasteiger partial charge >= 0.3 is 0 Å². The van der Waals surface area contributed by atoms with E-state index in [-0.39, 0.29) is 18.2 Å². The minimum atomic E-state index is -0.377. The largest absolute Gasteiger partial charge is 0.488 e. The zero-order valence-corrected chi connectivity index (χ0v) is 14.1. The molecule has 0 atom stereocenters. The summed E-state index contributed by atoms with van der Waals surface area (Å²) in [5, 5.41) is 3.56. The highest BCUT2D eigenvalue weighted by Crippen LogP contribution is 2.23.